The average Bonchev–Trinajstić information content (AvgIpc) is 2.79. The van der Waals surface area contributed by atoms with Crippen molar-refractivity contribution in [2.45, 2.75) is 64.1 Å². The highest BCUT2D eigenvalue weighted by atomic mass is 16.5. The molecule has 0 spiro atoms. The molecule has 4 rings (SSSR count). The third kappa shape index (κ3) is 2.96. The summed E-state index contributed by atoms with van der Waals surface area (Å²) < 4.78 is 11.2. The van der Waals surface area contributed by atoms with E-state index < -0.39 is 0 Å². The number of nitrogens with zero attached hydrogens (tertiary/aromatic N) is 1. The zero-order valence-electron chi connectivity index (χ0n) is 16.1. The summed E-state index contributed by atoms with van der Waals surface area (Å²) in [5, 5.41) is 3.79. The van der Waals surface area contributed by atoms with Crippen molar-refractivity contribution in [3.63, 3.8) is 0 Å². The van der Waals surface area contributed by atoms with Crippen LogP contribution in [0.4, 0.5) is 0 Å². The van der Waals surface area contributed by atoms with E-state index in [1.54, 1.807) is 7.11 Å². The molecule has 1 N–H and O–H groups in total. The van der Waals surface area contributed by atoms with E-state index >= 15 is 0 Å². The first kappa shape index (κ1) is 17.7. The van der Waals surface area contributed by atoms with E-state index in [9.17, 15) is 4.79 Å². The number of hydrogen-bond acceptors (Lipinski definition) is 4. The van der Waals surface area contributed by atoms with Gasteiger partial charge in [-0.3, -0.25) is 4.79 Å². The van der Waals surface area contributed by atoms with Crippen LogP contribution in [0.15, 0.2) is 18.2 Å². The number of hydrogen-bond donors (Lipinski definition) is 1. The van der Waals surface area contributed by atoms with Gasteiger partial charge in [-0.15, -0.1) is 0 Å². The summed E-state index contributed by atoms with van der Waals surface area (Å²) in [6.07, 6.45) is 6.01. The Morgan fingerprint density at radius 3 is 2.92 bits per heavy atom. The Bertz CT molecular complexity index is 692. The Balaban J connectivity index is 1.48. The molecule has 1 amide bonds. The predicted molar refractivity (Wildman–Crippen MR) is 101 cm³/mol. The van der Waals surface area contributed by atoms with E-state index in [1.165, 1.54) is 25.7 Å². The number of likely N-dealkylation sites (tertiary alicyclic amines) is 1. The fourth-order valence-corrected chi connectivity index (χ4v) is 5.39. The van der Waals surface area contributed by atoms with Gasteiger partial charge in [-0.05, 0) is 43.9 Å². The lowest BCUT2D eigenvalue weighted by molar-refractivity contribution is -0.140. The number of methoxy groups -OCH3 is 1. The van der Waals surface area contributed by atoms with Crippen LogP contribution in [0.25, 0.3) is 0 Å². The van der Waals surface area contributed by atoms with Crippen LogP contribution in [0.2, 0.25) is 0 Å². The Hall–Kier alpha value is -1.75. The number of aryl methyl sites for hydroxylation is 1. The van der Waals surface area contributed by atoms with Gasteiger partial charge >= 0.3 is 0 Å². The van der Waals surface area contributed by atoms with Crippen molar-refractivity contribution >= 4 is 5.91 Å². The van der Waals surface area contributed by atoms with Gasteiger partial charge in [-0.25, -0.2) is 0 Å². The van der Waals surface area contributed by atoms with E-state index in [4.69, 9.17) is 9.47 Å². The molecule has 2 bridgehead atoms. The standard InChI is InChI=1S/C21H30N2O3/c1-14-8-9-16(17(10-14)25-3)26-13-20(24)23-12-15-11-21(2)18(22-15)6-4-5-7-19(21)23/h8-10,15,18-19,22H,4-7,11-13H2,1-3H3/t15-,18-,19+,21-/m0/s1. The van der Waals surface area contributed by atoms with Crippen LogP contribution in [0.1, 0.15) is 44.6 Å². The van der Waals surface area contributed by atoms with Crippen molar-refractivity contribution in [3.05, 3.63) is 23.8 Å². The molecule has 2 saturated heterocycles. The second-order valence-electron chi connectivity index (χ2n) is 8.42. The highest BCUT2D eigenvalue weighted by Gasteiger charge is 2.55. The highest BCUT2D eigenvalue weighted by molar-refractivity contribution is 5.78. The van der Waals surface area contributed by atoms with E-state index in [0.29, 0.717) is 29.6 Å². The summed E-state index contributed by atoms with van der Waals surface area (Å²) in [6.45, 7) is 5.27. The number of rotatable bonds is 4. The van der Waals surface area contributed by atoms with Gasteiger partial charge in [0, 0.05) is 30.1 Å². The second kappa shape index (κ2) is 6.76. The molecule has 4 atom stereocenters. The summed E-state index contributed by atoms with van der Waals surface area (Å²) >= 11 is 0. The molecule has 0 unspecified atom stereocenters. The number of amides is 1. The lowest BCUT2D eigenvalue weighted by Gasteiger charge is -2.46. The van der Waals surface area contributed by atoms with Crippen LogP contribution in [0.5, 0.6) is 11.5 Å². The largest absolute Gasteiger partial charge is 0.493 e. The van der Waals surface area contributed by atoms with Gasteiger partial charge in [0.1, 0.15) is 0 Å². The molecule has 1 saturated carbocycles. The maximum atomic E-state index is 13.0. The molecule has 2 aliphatic heterocycles. The average molecular weight is 358 g/mol. The normalized spacial score (nSPS) is 32.9. The van der Waals surface area contributed by atoms with Gasteiger partial charge in [0.15, 0.2) is 18.1 Å². The number of benzene rings is 1. The monoisotopic (exact) mass is 358 g/mol. The molecular formula is C21H30N2O3. The van der Waals surface area contributed by atoms with E-state index in [1.807, 2.05) is 25.1 Å². The highest BCUT2D eigenvalue weighted by Crippen LogP contribution is 2.48. The van der Waals surface area contributed by atoms with Crippen molar-refractivity contribution in [2.24, 2.45) is 5.41 Å². The first-order chi connectivity index (χ1) is 12.5. The van der Waals surface area contributed by atoms with E-state index in [0.717, 1.165) is 18.5 Å². The van der Waals surface area contributed by atoms with E-state index in [2.05, 4.69) is 17.1 Å². The molecule has 0 aromatic heterocycles. The van der Waals surface area contributed by atoms with Gasteiger partial charge in [0.05, 0.1) is 7.11 Å². The van der Waals surface area contributed by atoms with Crippen LogP contribution in [-0.2, 0) is 4.79 Å². The fourth-order valence-electron chi connectivity index (χ4n) is 5.39. The summed E-state index contributed by atoms with van der Waals surface area (Å²) in [5.74, 6) is 1.41. The third-order valence-electron chi connectivity index (χ3n) is 6.68. The Morgan fingerprint density at radius 1 is 1.31 bits per heavy atom. The molecule has 1 aromatic carbocycles. The number of fused-ring (bicyclic) bond motifs is 1. The molecule has 5 heteroatoms. The van der Waals surface area contributed by atoms with Gasteiger partial charge in [0.2, 0.25) is 0 Å². The Labute approximate surface area is 156 Å². The number of nitrogens with one attached hydrogen (secondary N) is 1. The van der Waals surface area contributed by atoms with Crippen LogP contribution in [0, 0.1) is 12.3 Å². The van der Waals surface area contributed by atoms with Crippen molar-refractivity contribution in [1.29, 1.82) is 0 Å². The molecule has 5 nitrogen and oxygen atoms in total. The van der Waals surface area contributed by atoms with Crippen molar-refractivity contribution in [3.8, 4) is 11.5 Å². The quantitative estimate of drug-likeness (QED) is 0.899. The maximum absolute atomic E-state index is 13.0. The molecule has 1 aromatic rings. The second-order valence-corrected chi connectivity index (χ2v) is 8.42. The minimum absolute atomic E-state index is 0.0728. The first-order valence-corrected chi connectivity index (χ1v) is 9.84. The van der Waals surface area contributed by atoms with Crippen LogP contribution in [-0.4, -0.2) is 49.2 Å². The van der Waals surface area contributed by atoms with Gasteiger partial charge in [0.25, 0.3) is 5.91 Å². The number of ether oxygens (including phenoxy) is 2. The summed E-state index contributed by atoms with van der Waals surface area (Å²) in [6, 6.07) is 7.10. The summed E-state index contributed by atoms with van der Waals surface area (Å²) in [5.41, 5.74) is 1.31. The molecular weight excluding hydrogens is 328 g/mol. The molecule has 3 aliphatic rings. The van der Waals surface area contributed by atoms with Crippen molar-refractivity contribution < 1.29 is 14.3 Å². The molecule has 2 heterocycles. The molecule has 0 radical (unpaired) electrons. The van der Waals surface area contributed by atoms with Gasteiger partial charge in [-0.2, -0.15) is 0 Å². The van der Waals surface area contributed by atoms with Crippen molar-refractivity contribution in [2.75, 3.05) is 20.3 Å². The lowest BCUT2D eigenvalue weighted by Crippen LogP contribution is -2.56. The van der Waals surface area contributed by atoms with Crippen molar-refractivity contribution in [1.82, 2.24) is 10.2 Å². The SMILES string of the molecule is COc1cc(C)ccc1OCC(=O)N1C[C@@H]2C[C@@]3(C)[C@H](CCCC[C@@H]13)N2. The van der Waals surface area contributed by atoms with Crippen LogP contribution in [0.3, 0.4) is 0 Å². The van der Waals surface area contributed by atoms with Crippen LogP contribution < -0.4 is 14.8 Å². The predicted octanol–water partition coefficient (Wildman–Crippen LogP) is 2.90. The summed E-state index contributed by atoms with van der Waals surface area (Å²) in [4.78, 5) is 15.1. The Kier molecular flexibility index (Phi) is 4.59. The molecule has 3 fully saturated rings. The zero-order valence-corrected chi connectivity index (χ0v) is 16.1. The smallest absolute Gasteiger partial charge is 0.260 e. The Morgan fingerprint density at radius 2 is 2.12 bits per heavy atom. The van der Waals surface area contributed by atoms with Crippen LogP contribution >= 0.6 is 0 Å². The number of piperidine rings is 1. The number of carbonyl (C=O) groups is 1. The first-order valence-electron chi connectivity index (χ1n) is 9.84. The minimum Gasteiger partial charge on any atom is -0.493 e. The lowest BCUT2D eigenvalue weighted by atomic mass is 9.71. The molecule has 1 aliphatic carbocycles. The topological polar surface area (TPSA) is 50.8 Å². The molecule has 26 heavy (non-hydrogen) atoms. The third-order valence-corrected chi connectivity index (χ3v) is 6.68. The van der Waals surface area contributed by atoms with Gasteiger partial charge in [-0.1, -0.05) is 25.8 Å². The molecule has 142 valence electrons. The maximum Gasteiger partial charge on any atom is 0.260 e. The van der Waals surface area contributed by atoms with Gasteiger partial charge < -0.3 is 19.7 Å². The fraction of sp³-hybridized carbons (Fsp3) is 0.667. The zero-order chi connectivity index (χ0) is 18.3. The number of carbonyl (C=O) groups excluding carboxylic acids is 1. The minimum atomic E-state index is 0.0728. The summed E-state index contributed by atoms with van der Waals surface area (Å²) in [7, 11) is 1.63. The van der Waals surface area contributed by atoms with E-state index in [-0.39, 0.29) is 17.9 Å².